The number of aromatic nitrogens is 3. The van der Waals surface area contributed by atoms with Gasteiger partial charge in [0.25, 0.3) is 0 Å². The van der Waals surface area contributed by atoms with E-state index in [1.807, 2.05) is 20.0 Å². The molecular formula is C14H18N4S. The zero-order valence-corrected chi connectivity index (χ0v) is 12.2. The molecule has 3 heterocycles. The van der Waals surface area contributed by atoms with Crippen LogP contribution in [0.5, 0.6) is 0 Å². The first-order valence-electron chi connectivity index (χ1n) is 6.69. The Labute approximate surface area is 117 Å². The molecule has 100 valence electrons. The van der Waals surface area contributed by atoms with Crippen LogP contribution in [0.25, 0.3) is 0 Å². The lowest BCUT2D eigenvalue weighted by atomic mass is 9.99. The van der Waals surface area contributed by atoms with Crippen LogP contribution in [0.4, 0.5) is 5.82 Å². The molecule has 1 aliphatic heterocycles. The highest BCUT2D eigenvalue weighted by Gasteiger charge is 2.24. The molecule has 2 aromatic heterocycles. The second-order valence-corrected chi connectivity index (χ2v) is 6.00. The Morgan fingerprint density at radius 1 is 1.32 bits per heavy atom. The third-order valence-electron chi connectivity index (χ3n) is 3.50. The lowest BCUT2D eigenvalue weighted by Crippen LogP contribution is -2.35. The molecule has 0 N–H and O–H groups in total. The summed E-state index contributed by atoms with van der Waals surface area (Å²) >= 11 is 1.76. The molecule has 2 aromatic rings. The Morgan fingerprint density at radius 3 is 2.95 bits per heavy atom. The molecule has 0 spiro atoms. The lowest BCUT2D eigenvalue weighted by Gasteiger charge is -2.32. The van der Waals surface area contributed by atoms with Gasteiger partial charge in [0.15, 0.2) is 0 Å². The van der Waals surface area contributed by atoms with Crippen LogP contribution in [0.1, 0.15) is 35.3 Å². The summed E-state index contributed by atoms with van der Waals surface area (Å²) in [4.78, 5) is 15.8. The maximum absolute atomic E-state index is 4.57. The third kappa shape index (κ3) is 2.76. The van der Waals surface area contributed by atoms with Gasteiger partial charge < -0.3 is 4.90 Å². The highest BCUT2D eigenvalue weighted by Crippen LogP contribution is 2.30. The van der Waals surface area contributed by atoms with E-state index < -0.39 is 0 Å². The minimum Gasteiger partial charge on any atom is -0.356 e. The highest BCUT2D eigenvalue weighted by atomic mass is 32.1. The minimum absolute atomic E-state index is 0.546. The predicted molar refractivity (Wildman–Crippen MR) is 77.8 cm³/mol. The van der Waals surface area contributed by atoms with E-state index in [1.54, 1.807) is 11.3 Å². The van der Waals surface area contributed by atoms with Crippen molar-refractivity contribution in [2.24, 2.45) is 0 Å². The zero-order valence-electron chi connectivity index (χ0n) is 11.3. The van der Waals surface area contributed by atoms with Crippen LogP contribution in [-0.4, -0.2) is 28.0 Å². The molecule has 1 aliphatic rings. The van der Waals surface area contributed by atoms with E-state index in [0.29, 0.717) is 5.92 Å². The van der Waals surface area contributed by atoms with Crippen molar-refractivity contribution in [1.29, 1.82) is 0 Å². The molecule has 5 heteroatoms. The van der Waals surface area contributed by atoms with Crippen molar-refractivity contribution in [3.8, 4) is 0 Å². The van der Waals surface area contributed by atoms with Crippen molar-refractivity contribution in [2.45, 2.75) is 32.6 Å². The van der Waals surface area contributed by atoms with Gasteiger partial charge in [-0.1, -0.05) is 0 Å². The Hall–Kier alpha value is -1.49. The van der Waals surface area contributed by atoms with Crippen molar-refractivity contribution >= 4 is 17.2 Å². The molecule has 0 aliphatic carbocycles. The fourth-order valence-electron chi connectivity index (χ4n) is 2.68. The van der Waals surface area contributed by atoms with Gasteiger partial charge in [0.2, 0.25) is 0 Å². The molecule has 4 nitrogen and oxygen atoms in total. The number of nitrogens with zero attached hydrogens (tertiary/aromatic N) is 4. The Kier molecular flexibility index (Phi) is 3.46. The average Bonchev–Trinajstić information content (AvgIpc) is 2.92. The van der Waals surface area contributed by atoms with E-state index in [-0.39, 0.29) is 0 Å². The summed E-state index contributed by atoms with van der Waals surface area (Å²) in [6, 6.07) is 2.08. The summed E-state index contributed by atoms with van der Waals surface area (Å²) in [6.07, 6.45) is 4.33. The topological polar surface area (TPSA) is 41.9 Å². The average molecular weight is 274 g/mol. The maximum atomic E-state index is 4.57. The van der Waals surface area contributed by atoms with Gasteiger partial charge in [-0.25, -0.2) is 15.0 Å². The number of anilines is 1. The predicted octanol–water partition coefficient (Wildman–Crippen LogP) is 2.93. The van der Waals surface area contributed by atoms with Gasteiger partial charge in [0, 0.05) is 42.3 Å². The Balaban J connectivity index is 1.81. The summed E-state index contributed by atoms with van der Waals surface area (Å²) in [5.74, 6) is 2.46. The third-order valence-corrected chi connectivity index (χ3v) is 4.44. The van der Waals surface area contributed by atoms with E-state index in [9.17, 15) is 0 Å². The number of aryl methyl sites for hydroxylation is 2. The lowest BCUT2D eigenvalue weighted by molar-refractivity contribution is 0.505. The van der Waals surface area contributed by atoms with Crippen molar-refractivity contribution in [2.75, 3.05) is 18.0 Å². The van der Waals surface area contributed by atoms with Crippen molar-refractivity contribution < 1.29 is 0 Å². The molecular weight excluding hydrogens is 256 g/mol. The number of rotatable bonds is 2. The van der Waals surface area contributed by atoms with Crippen LogP contribution >= 0.6 is 11.3 Å². The van der Waals surface area contributed by atoms with Crippen molar-refractivity contribution in [3.05, 3.63) is 34.2 Å². The number of thiazole rings is 1. The standard InChI is InChI=1S/C14H18N4S/c1-10-8-13(17-11(2)16-10)18-6-3-4-12(9-18)14-15-5-7-19-14/h5,7-8,12H,3-4,6,9H2,1-2H3/t12-/m0/s1. The number of hydrogen-bond acceptors (Lipinski definition) is 5. The van der Waals surface area contributed by atoms with Gasteiger partial charge in [0.1, 0.15) is 11.6 Å². The summed E-state index contributed by atoms with van der Waals surface area (Å²) in [5, 5.41) is 3.32. The number of piperidine rings is 1. The van der Waals surface area contributed by atoms with Gasteiger partial charge in [-0.15, -0.1) is 11.3 Å². The van der Waals surface area contributed by atoms with Gasteiger partial charge in [-0.2, -0.15) is 0 Å². The highest BCUT2D eigenvalue weighted by molar-refractivity contribution is 7.09. The van der Waals surface area contributed by atoms with Crippen LogP contribution in [0.15, 0.2) is 17.6 Å². The first-order valence-corrected chi connectivity index (χ1v) is 7.57. The molecule has 0 unspecified atom stereocenters. The van der Waals surface area contributed by atoms with E-state index in [0.717, 1.165) is 30.4 Å². The SMILES string of the molecule is Cc1cc(N2CCC[C@H](c3nccs3)C2)nc(C)n1. The summed E-state index contributed by atoms with van der Waals surface area (Å²) in [5.41, 5.74) is 1.04. The van der Waals surface area contributed by atoms with Crippen molar-refractivity contribution in [1.82, 2.24) is 15.0 Å². The molecule has 19 heavy (non-hydrogen) atoms. The Bertz CT molecular complexity index is 532. The van der Waals surface area contributed by atoms with Gasteiger partial charge >= 0.3 is 0 Å². The molecule has 0 aromatic carbocycles. The Morgan fingerprint density at radius 2 is 2.21 bits per heavy atom. The van der Waals surface area contributed by atoms with E-state index in [1.165, 1.54) is 17.8 Å². The van der Waals surface area contributed by atoms with Crippen molar-refractivity contribution in [3.63, 3.8) is 0 Å². The van der Waals surface area contributed by atoms with E-state index >= 15 is 0 Å². The summed E-state index contributed by atoms with van der Waals surface area (Å²) in [6.45, 7) is 6.08. The van der Waals surface area contributed by atoms with Crippen LogP contribution < -0.4 is 4.90 Å². The number of hydrogen-bond donors (Lipinski definition) is 0. The van der Waals surface area contributed by atoms with E-state index in [2.05, 4.69) is 31.3 Å². The van der Waals surface area contributed by atoms with Crippen LogP contribution in [-0.2, 0) is 0 Å². The molecule has 0 amide bonds. The molecule has 1 fully saturated rings. The van der Waals surface area contributed by atoms with Gasteiger partial charge in [0.05, 0.1) is 5.01 Å². The second-order valence-electron chi connectivity index (χ2n) is 5.07. The first kappa shape index (κ1) is 12.5. The monoisotopic (exact) mass is 274 g/mol. The first-order chi connectivity index (χ1) is 9.22. The van der Waals surface area contributed by atoms with Gasteiger partial charge in [-0.3, -0.25) is 0 Å². The molecule has 0 saturated carbocycles. The quantitative estimate of drug-likeness (QED) is 0.844. The fraction of sp³-hybridized carbons (Fsp3) is 0.500. The van der Waals surface area contributed by atoms with Crippen LogP contribution in [0.3, 0.4) is 0 Å². The minimum atomic E-state index is 0.546. The molecule has 1 atom stereocenters. The van der Waals surface area contributed by atoms with Gasteiger partial charge in [-0.05, 0) is 26.7 Å². The van der Waals surface area contributed by atoms with E-state index in [4.69, 9.17) is 0 Å². The summed E-state index contributed by atoms with van der Waals surface area (Å²) < 4.78 is 0. The summed E-state index contributed by atoms with van der Waals surface area (Å²) in [7, 11) is 0. The van der Waals surface area contributed by atoms with Crippen LogP contribution in [0, 0.1) is 13.8 Å². The smallest absolute Gasteiger partial charge is 0.132 e. The fourth-order valence-corrected chi connectivity index (χ4v) is 3.45. The molecule has 0 bridgehead atoms. The zero-order chi connectivity index (χ0) is 13.2. The maximum Gasteiger partial charge on any atom is 0.132 e. The largest absolute Gasteiger partial charge is 0.356 e. The normalized spacial score (nSPS) is 19.7. The molecule has 3 rings (SSSR count). The molecule has 1 saturated heterocycles. The second kappa shape index (κ2) is 5.25. The molecule has 0 radical (unpaired) electrons. The van der Waals surface area contributed by atoms with Crippen LogP contribution in [0.2, 0.25) is 0 Å².